The van der Waals surface area contributed by atoms with E-state index in [-0.39, 0.29) is 6.15 Å². The Morgan fingerprint density at radius 1 is 1.00 bits per heavy atom. The van der Waals surface area contributed by atoms with Gasteiger partial charge in [-0.15, -0.1) is 0 Å². The Kier molecular flexibility index (Phi) is 5.94. The van der Waals surface area contributed by atoms with Crippen molar-refractivity contribution >= 4 is 27.8 Å². The van der Waals surface area contributed by atoms with Crippen LogP contribution in [-0.4, -0.2) is 27.1 Å². The monoisotopic (exact) mass is 338 g/mol. The molecule has 1 unspecified atom stereocenters. The van der Waals surface area contributed by atoms with Crippen molar-refractivity contribution in [2.24, 2.45) is 5.73 Å². The quantitative estimate of drug-likeness (QED) is 0.391. The number of aromatic amines is 2. The fourth-order valence-electron chi connectivity index (χ4n) is 2.62. The third kappa shape index (κ3) is 4.26. The van der Waals surface area contributed by atoms with Gasteiger partial charge in [0.25, 0.3) is 0 Å². The van der Waals surface area contributed by atoms with Crippen molar-refractivity contribution in [3.8, 4) is 0 Å². The van der Waals surface area contributed by atoms with Crippen molar-refractivity contribution < 1.29 is 9.90 Å². The molecule has 25 heavy (non-hydrogen) atoms. The number of nitrogens with one attached hydrogen (secondary N) is 2. The Balaban J connectivity index is 0.000000193. The molecule has 1 atom stereocenters. The van der Waals surface area contributed by atoms with Crippen molar-refractivity contribution in [2.75, 3.05) is 0 Å². The second kappa shape index (κ2) is 8.14. The van der Waals surface area contributed by atoms with Gasteiger partial charge in [0.2, 0.25) is 0 Å². The van der Waals surface area contributed by atoms with Crippen LogP contribution in [0.3, 0.4) is 0 Å². The highest BCUT2D eigenvalue weighted by Gasteiger charge is 2.14. The second-order valence-corrected chi connectivity index (χ2v) is 5.57. The van der Waals surface area contributed by atoms with Gasteiger partial charge in [-0.3, -0.25) is 4.79 Å². The van der Waals surface area contributed by atoms with Crippen LogP contribution in [0.15, 0.2) is 67.0 Å². The van der Waals surface area contributed by atoms with Gasteiger partial charge in [-0.25, -0.2) is 0 Å². The van der Waals surface area contributed by atoms with Gasteiger partial charge in [0.1, 0.15) is 6.04 Å². The number of carboxylic acids is 1. The van der Waals surface area contributed by atoms with Crippen molar-refractivity contribution in [2.45, 2.75) is 12.5 Å². The van der Waals surface area contributed by atoms with E-state index in [1.165, 1.54) is 10.9 Å². The molecule has 6 heteroatoms. The maximum Gasteiger partial charge on any atom is 0.320 e. The molecule has 130 valence electrons. The molecule has 0 saturated heterocycles. The molecule has 0 aliphatic heterocycles. The van der Waals surface area contributed by atoms with E-state index in [9.17, 15) is 4.79 Å². The predicted octanol–water partition coefficient (Wildman–Crippen LogP) is 3.45. The Hall–Kier alpha value is -3.09. The number of hydrogen-bond donors (Lipinski definition) is 5. The fraction of sp³-hybridized carbons (Fsp3) is 0.105. The molecule has 2 heterocycles. The Morgan fingerprint density at radius 2 is 1.68 bits per heavy atom. The molecule has 8 N–H and O–H groups in total. The summed E-state index contributed by atoms with van der Waals surface area (Å²) in [6.07, 6.45) is 4.11. The molecule has 0 spiro atoms. The first kappa shape index (κ1) is 18.3. The van der Waals surface area contributed by atoms with Crippen LogP contribution in [0.5, 0.6) is 0 Å². The Bertz CT molecular complexity index is 928. The Morgan fingerprint density at radius 3 is 2.40 bits per heavy atom. The predicted molar refractivity (Wildman–Crippen MR) is 101 cm³/mol. The zero-order valence-electron chi connectivity index (χ0n) is 13.8. The summed E-state index contributed by atoms with van der Waals surface area (Å²) >= 11 is 0. The van der Waals surface area contributed by atoms with Crippen molar-refractivity contribution in [1.29, 1.82) is 0 Å². The van der Waals surface area contributed by atoms with Gasteiger partial charge < -0.3 is 27.0 Å². The van der Waals surface area contributed by atoms with Crippen LogP contribution < -0.4 is 11.9 Å². The van der Waals surface area contributed by atoms with E-state index in [2.05, 4.69) is 28.2 Å². The lowest BCUT2D eigenvalue weighted by molar-refractivity contribution is -0.138. The first-order valence-corrected chi connectivity index (χ1v) is 7.70. The zero-order chi connectivity index (χ0) is 16.9. The molecule has 0 saturated carbocycles. The zero-order valence-corrected chi connectivity index (χ0v) is 13.8. The van der Waals surface area contributed by atoms with Gasteiger partial charge in [-0.1, -0.05) is 36.4 Å². The highest BCUT2D eigenvalue weighted by Crippen LogP contribution is 2.18. The van der Waals surface area contributed by atoms with Crippen LogP contribution in [0.4, 0.5) is 0 Å². The lowest BCUT2D eigenvalue weighted by Gasteiger charge is -2.04. The van der Waals surface area contributed by atoms with Crippen LogP contribution in [-0.2, 0) is 11.2 Å². The van der Waals surface area contributed by atoms with Crippen LogP contribution >= 0.6 is 0 Å². The molecule has 0 fully saturated rings. The third-order valence-electron chi connectivity index (χ3n) is 3.89. The minimum absolute atomic E-state index is 0. The summed E-state index contributed by atoms with van der Waals surface area (Å²) in [5.41, 5.74) is 8.64. The average Bonchev–Trinajstić information content (AvgIpc) is 3.22. The maximum atomic E-state index is 10.6. The van der Waals surface area contributed by atoms with E-state index in [1.54, 1.807) is 0 Å². The summed E-state index contributed by atoms with van der Waals surface area (Å²) in [5, 5.41) is 11.0. The molecule has 2 aromatic heterocycles. The van der Waals surface area contributed by atoms with E-state index in [4.69, 9.17) is 10.8 Å². The van der Waals surface area contributed by atoms with Gasteiger partial charge in [-0.05, 0) is 29.1 Å². The van der Waals surface area contributed by atoms with E-state index in [0.29, 0.717) is 6.42 Å². The minimum Gasteiger partial charge on any atom is -0.480 e. The number of H-pyrrole nitrogens is 2. The minimum atomic E-state index is -0.972. The molecule has 4 aromatic rings. The molecule has 6 nitrogen and oxygen atoms in total. The summed E-state index contributed by atoms with van der Waals surface area (Å²) in [6, 6.07) is 17.2. The summed E-state index contributed by atoms with van der Waals surface area (Å²) < 4.78 is 0. The largest absolute Gasteiger partial charge is 0.480 e. The van der Waals surface area contributed by atoms with Crippen LogP contribution in [0, 0.1) is 0 Å². The van der Waals surface area contributed by atoms with E-state index >= 15 is 0 Å². The van der Waals surface area contributed by atoms with E-state index in [0.717, 1.165) is 16.5 Å². The number of nitrogens with two attached hydrogens (primary N) is 1. The Labute approximate surface area is 145 Å². The molecule has 0 radical (unpaired) electrons. The number of carbonyl (C=O) groups is 1. The van der Waals surface area contributed by atoms with Crippen LogP contribution in [0.2, 0.25) is 0 Å². The molecule has 0 bridgehead atoms. The van der Waals surface area contributed by atoms with Gasteiger partial charge in [0.15, 0.2) is 0 Å². The lowest BCUT2D eigenvalue weighted by atomic mass is 10.1. The number of aliphatic carboxylic acids is 1. The standard InChI is InChI=1S/C11H12N2O2.C8H7N.H3N/c12-9(11(14)15)5-7-6-13-10-4-2-1-3-8(7)10;1-2-4-8-7(3-1)5-6-9-8;/h1-4,6,9,13H,5,12H2,(H,14,15);1-6,9H;1H3. The first-order valence-electron chi connectivity index (χ1n) is 7.70. The summed E-state index contributed by atoms with van der Waals surface area (Å²) in [7, 11) is 0. The SMILES string of the molecule is N.NC(Cc1c[nH]c2ccccc12)C(=O)O.c1ccc2[nH]ccc2c1. The number of benzene rings is 2. The number of para-hydroxylation sites is 2. The summed E-state index contributed by atoms with van der Waals surface area (Å²) in [5.74, 6) is -0.972. The molecular weight excluding hydrogens is 316 g/mol. The second-order valence-electron chi connectivity index (χ2n) is 5.57. The smallest absolute Gasteiger partial charge is 0.320 e. The van der Waals surface area contributed by atoms with E-state index in [1.807, 2.05) is 48.8 Å². The summed E-state index contributed by atoms with van der Waals surface area (Å²) in [6.45, 7) is 0. The summed E-state index contributed by atoms with van der Waals surface area (Å²) in [4.78, 5) is 16.8. The van der Waals surface area contributed by atoms with E-state index < -0.39 is 12.0 Å². The molecule has 4 rings (SSSR count). The fourth-order valence-corrected chi connectivity index (χ4v) is 2.62. The number of aromatic nitrogens is 2. The molecule has 0 amide bonds. The number of rotatable bonds is 3. The molecule has 0 aliphatic carbocycles. The number of carboxylic acid groups (broad SMARTS) is 1. The topological polar surface area (TPSA) is 130 Å². The average molecular weight is 338 g/mol. The maximum absolute atomic E-state index is 10.6. The van der Waals surface area contributed by atoms with Gasteiger partial charge in [0.05, 0.1) is 0 Å². The van der Waals surface area contributed by atoms with Crippen molar-refractivity contribution in [3.63, 3.8) is 0 Å². The van der Waals surface area contributed by atoms with Crippen LogP contribution in [0.25, 0.3) is 21.8 Å². The van der Waals surface area contributed by atoms with Gasteiger partial charge in [0, 0.05) is 35.2 Å². The number of hydrogen-bond acceptors (Lipinski definition) is 3. The first-order chi connectivity index (χ1) is 11.6. The molecule has 2 aromatic carbocycles. The normalized spacial score (nSPS) is 11.4. The van der Waals surface area contributed by atoms with Gasteiger partial charge >= 0.3 is 5.97 Å². The number of fused-ring (bicyclic) bond motifs is 2. The highest BCUT2D eigenvalue weighted by molar-refractivity contribution is 5.84. The molecule has 0 aliphatic rings. The molecular formula is C19H22N4O2. The van der Waals surface area contributed by atoms with Crippen LogP contribution in [0.1, 0.15) is 5.56 Å². The van der Waals surface area contributed by atoms with Gasteiger partial charge in [-0.2, -0.15) is 0 Å². The van der Waals surface area contributed by atoms with Crippen molar-refractivity contribution in [3.05, 3.63) is 72.6 Å². The third-order valence-corrected chi connectivity index (χ3v) is 3.89. The lowest BCUT2D eigenvalue weighted by Crippen LogP contribution is -2.32. The van der Waals surface area contributed by atoms with Crippen molar-refractivity contribution in [1.82, 2.24) is 16.1 Å². The highest BCUT2D eigenvalue weighted by atomic mass is 16.4.